The van der Waals surface area contributed by atoms with Crippen LogP contribution in [0.15, 0.2) is 40.6 Å². The van der Waals surface area contributed by atoms with E-state index in [4.69, 9.17) is 5.26 Å². The summed E-state index contributed by atoms with van der Waals surface area (Å²) in [6.07, 6.45) is -3.92. The molecule has 0 fully saturated rings. The number of allylic oxidation sites excluding steroid dienone is 1. The maximum absolute atomic E-state index is 12.3. The molecule has 0 aliphatic rings. The van der Waals surface area contributed by atoms with Crippen LogP contribution < -0.4 is 0 Å². The molecule has 0 aromatic heterocycles. The summed E-state index contributed by atoms with van der Waals surface area (Å²) in [7, 11) is -4.01. The van der Waals surface area contributed by atoms with E-state index >= 15 is 0 Å². The minimum atomic E-state index is -4.61. The van der Waals surface area contributed by atoms with E-state index in [0.717, 1.165) is 18.2 Å². The average Bonchev–Trinajstić information content (AvgIpc) is 2.25. The third-order valence-corrected chi connectivity index (χ3v) is 3.22. The van der Waals surface area contributed by atoms with Gasteiger partial charge in [0, 0.05) is 11.5 Å². The zero-order chi connectivity index (χ0) is 13.1. The number of hydrogen-bond donors (Lipinski definition) is 0. The number of hydrogen-bond acceptors (Lipinski definition) is 3. The first kappa shape index (κ1) is 13.3. The van der Waals surface area contributed by atoms with E-state index in [2.05, 4.69) is 0 Å². The van der Waals surface area contributed by atoms with Gasteiger partial charge in [0.25, 0.3) is 0 Å². The van der Waals surface area contributed by atoms with Gasteiger partial charge in [0.2, 0.25) is 9.84 Å². The van der Waals surface area contributed by atoms with Gasteiger partial charge in [-0.1, -0.05) is 6.07 Å². The Morgan fingerprint density at radius 2 is 1.94 bits per heavy atom. The van der Waals surface area contributed by atoms with E-state index in [1.807, 2.05) is 0 Å². The molecule has 0 aliphatic carbocycles. The van der Waals surface area contributed by atoms with Crippen molar-refractivity contribution in [3.63, 3.8) is 0 Å². The molecule has 1 rings (SSSR count). The first-order valence-corrected chi connectivity index (χ1v) is 5.80. The van der Waals surface area contributed by atoms with Crippen LogP contribution in [0.5, 0.6) is 0 Å². The fourth-order valence-corrected chi connectivity index (χ4v) is 2.00. The summed E-state index contributed by atoms with van der Waals surface area (Å²) >= 11 is 0. The molecule has 0 heterocycles. The highest BCUT2D eigenvalue weighted by Gasteiger charge is 2.31. The summed E-state index contributed by atoms with van der Waals surface area (Å²) in [6, 6.07) is 4.78. The van der Waals surface area contributed by atoms with E-state index in [1.54, 1.807) is 0 Å². The SMILES string of the molecule is N#C/C=C/S(=O)(=O)c1cccc(C(F)(F)F)c1. The van der Waals surface area contributed by atoms with Crippen molar-refractivity contribution in [1.29, 1.82) is 5.26 Å². The van der Waals surface area contributed by atoms with Crippen molar-refractivity contribution in [1.82, 2.24) is 0 Å². The fraction of sp³-hybridized carbons (Fsp3) is 0.100. The minimum Gasteiger partial charge on any atom is -0.219 e. The summed E-state index contributed by atoms with van der Waals surface area (Å²) in [5.41, 5.74) is -1.05. The van der Waals surface area contributed by atoms with Gasteiger partial charge in [0.1, 0.15) is 0 Å². The molecule has 7 heteroatoms. The van der Waals surface area contributed by atoms with E-state index in [9.17, 15) is 21.6 Å². The molecule has 0 spiro atoms. The van der Waals surface area contributed by atoms with Crippen molar-refractivity contribution in [3.05, 3.63) is 41.3 Å². The fourth-order valence-electron chi connectivity index (χ4n) is 1.05. The van der Waals surface area contributed by atoms with Crippen LogP contribution in [0.3, 0.4) is 0 Å². The Balaban J connectivity index is 3.27. The Labute approximate surface area is 95.7 Å². The molecule has 0 bridgehead atoms. The molecule has 0 saturated heterocycles. The van der Waals surface area contributed by atoms with Gasteiger partial charge < -0.3 is 0 Å². The Bertz CT molecular complexity index is 582. The smallest absolute Gasteiger partial charge is 0.219 e. The monoisotopic (exact) mass is 261 g/mol. The number of benzene rings is 1. The molecule has 0 radical (unpaired) electrons. The van der Waals surface area contributed by atoms with Gasteiger partial charge in [-0.3, -0.25) is 0 Å². The first-order chi connectivity index (χ1) is 7.77. The van der Waals surface area contributed by atoms with Crippen molar-refractivity contribution >= 4 is 9.84 Å². The maximum Gasteiger partial charge on any atom is 0.416 e. The lowest BCUT2D eigenvalue weighted by Crippen LogP contribution is -2.06. The number of nitrogens with zero attached hydrogens (tertiary/aromatic N) is 1. The number of nitriles is 1. The molecular formula is C10H6F3NO2S. The van der Waals surface area contributed by atoms with Gasteiger partial charge >= 0.3 is 6.18 Å². The van der Waals surface area contributed by atoms with E-state index < -0.39 is 26.5 Å². The van der Waals surface area contributed by atoms with Crippen molar-refractivity contribution < 1.29 is 21.6 Å². The van der Waals surface area contributed by atoms with Crippen LogP contribution in [0.4, 0.5) is 13.2 Å². The maximum atomic E-state index is 12.3. The summed E-state index contributed by atoms with van der Waals surface area (Å²) in [4.78, 5) is -0.501. The highest BCUT2D eigenvalue weighted by Crippen LogP contribution is 2.30. The number of alkyl halides is 3. The lowest BCUT2D eigenvalue weighted by Gasteiger charge is -2.07. The highest BCUT2D eigenvalue weighted by atomic mass is 32.2. The van der Waals surface area contributed by atoms with Gasteiger partial charge in [0.15, 0.2) is 0 Å². The van der Waals surface area contributed by atoms with E-state index in [1.165, 1.54) is 6.07 Å². The van der Waals surface area contributed by atoms with Crippen LogP contribution in [0, 0.1) is 11.3 Å². The summed E-state index contributed by atoms with van der Waals surface area (Å²) in [6.45, 7) is 0. The predicted octanol–water partition coefficient (Wildman–Crippen LogP) is 2.52. The first-order valence-electron chi connectivity index (χ1n) is 4.26. The van der Waals surface area contributed by atoms with Crippen molar-refractivity contribution in [3.8, 4) is 6.07 Å². The third kappa shape index (κ3) is 3.32. The zero-order valence-electron chi connectivity index (χ0n) is 8.27. The minimum absolute atomic E-state index is 0.501. The Morgan fingerprint density at radius 1 is 1.29 bits per heavy atom. The molecule has 1 aromatic carbocycles. The van der Waals surface area contributed by atoms with Gasteiger partial charge in [-0.15, -0.1) is 0 Å². The number of sulfone groups is 1. The molecule has 0 aliphatic heterocycles. The van der Waals surface area contributed by atoms with Gasteiger partial charge in [0.05, 0.1) is 16.5 Å². The number of halogens is 3. The molecule has 0 atom stereocenters. The van der Waals surface area contributed by atoms with Crippen molar-refractivity contribution in [2.75, 3.05) is 0 Å². The van der Waals surface area contributed by atoms with Crippen LogP contribution in [0.1, 0.15) is 5.56 Å². The molecule has 3 nitrogen and oxygen atoms in total. The molecule has 0 amide bonds. The summed E-state index contributed by atoms with van der Waals surface area (Å²) in [5.74, 6) is 0. The molecule has 90 valence electrons. The summed E-state index contributed by atoms with van der Waals surface area (Å²) < 4.78 is 60.0. The molecule has 1 aromatic rings. The highest BCUT2D eigenvalue weighted by molar-refractivity contribution is 7.94. The Hall–Kier alpha value is -1.81. The second-order valence-electron chi connectivity index (χ2n) is 3.00. The van der Waals surface area contributed by atoms with Crippen LogP contribution in [0.25, 0.3) is 0 Å². The van der Waals surface area contributed by atoms with Crippen LogP contribution in [-0.4, -0.2) is 8.42 Å². The van der Waals surface area contributed by atoms with Crippen LogP contribution in [-0.2, 0) is 16.0 Å². The molecule has 0 unspecified atom stereocenters. The Kier molecular flexibility index (Phi) is 3.58. The second kappa shape index (κ2) is 4.59. The van der Waals surface area contributed by atoms with Crippen LogP contribution >= 0.6 is 0 Å². The van der Waals surface area contributed by atoms with Crippen molar-refractivity contribution in [2.24, 2.45) is 0 Å². The van der Waals surface area contributed by atoms with Crippen LogP contribution in [0.2, 0.25) is 0 Å². The quantitative estimate of drug-likeness (QED) is 0.768. The zero-order valence-corrected chi connectivity index (χ0v) is 9.09. The van der Waals surface area contributed by atoms with E-state index in [0.29, 0.717) is 17.6 Å². The third-order valence-electron chi connectivity index (χ3n) is 1.81. The van der Waals surface area contributed by atoms with Gasteiger partial charge in [-0.25, -0.2) is 8.42 Å². The van der Waals surface area contributed by atoms with Gasteiger partial charge in [-0.2, -0.15) is 18.4 Å². The molecule has 0 N–H and O–H groups in total. The topological polar surface area (TPSA) is 57.9 Å². The standard InChI is InChI=1S/C10H6F3NO2S/c11-10(12,13)8-3-1-4-9(7-8)17(15,16)6-2-5-14/h1-4,6-7H/b6-2+. The predicted molar refractivity (Wildman–Crippen MR) is 53.4 cm³/mol. The largest absolute Gasteiger partial charge is 0.416 e. The average molecular weight is 261 g/mol. The summed E-state index contributed by atoms with van der Waals surface area (Å²) in [5, 5.41) is 8.74. The molecular weight excluding hydrogens is 255 g/mol. The molecule has 0 saturated carbocycles. The van der Waals surface area contributed by atoms with Crippen molar-refractivity contribution in [2.45, 2.75) is 11.1 Å². The van der Waals surface area contributed by atoms with Gasteiger partial charge in [-0.05, 0) is 18.2 Å². The lowest BCUT2D eigenvalue weighted by molar-refractivity contribution is -0.137. The lowest BCUT2D eigenvalue weighted by atomic mass is 10.2. The Morgan fingerprint density at radius 3 is 2.47 bits per heavy atom. The second-order valence-corrected chi connectivity index (χ2v) is 4.84. The molecule has 17 heavy (non-hydrogen) atoms. The normalized spacial score (nSPS) is 12.6. The van der Waals surface area contributed by atoms with E-state index in [-0.39, 0.29) is 0 Å². The number of rotatable bonds is 2.